The average molecular weight is 523 g/mol. The van der Waals surface area contributed by atoms with E-state index in [9.17, 15) is 28.1 Å². The lowest BCUT2D eigenvalue weighted by Gasteiger charge is -2.15. The zero-order valence-electron chi connectivity index (χ0n) is 19.4. The van der Waals surface area contributed by atoms with Crippen LogP contribution in [0.2, 0.25) is 0 Å². The lowest BCUT2D eigenvalue weighted by molar-refractivity contribution is -0.384. The lowest BCUT2D eigenvalue weighted by Crippen LogP contribution is -2.28. The monoisotopic (exact) mass is 522 g/mol. The number of carbonyl (C=O) groups is 2. The van der Waals surface area contributed by atoms with Crippen molar-refractivity contribution in [2.75, 3.05) is 13.1 Å². The number of amides is 1. The number of hydrogen-bond acceptors (Lipinski definition) is 8. The molecule has 0 unspecified atom stereocenters. The van der Waals surface area contributed by atoms with Crippen LogP contribution in [0.5, 0.6) is 5.75 Å². The minimum absolute atomic E-state index is 0.0415. The van der Waals surface area contributed by atoms with Crippen molar-refractivity contribution in [1.29, 1.82) is 0 Å². The molecule has 1 amide bonds. The lowest BCUT2D eigenvalue weighted by atomic mass is 10.2. The van der Waals surface area contributed by atoms with Gasteiger partial charge in [-0.05, 0) is 66.9 Å². The first-order chi connectivity index (χ1) is 17.7. The summed E-state index contributed by atoms with van der Waals surface area (Å²) in [4.78, 5) is 35.1. The molecule has 37 heavy (non-hydrogen) atoms. The predicted octanol–water partition coefficient (Wildman–Crippen LogP) is 3.36. The molecule has 0 saturated carbocycles. The number of hydrazone groups is 1. The maximum atomic E-state index is 12.7. The molecule has 190 valence electrons. The number of nitro benzene ring substituents is 1. The number of esters is 1. The third-order valence-electron chi connectivity index (χ3n) is 5.56. The fraction of sp³-hybridized carbons (Fsp3) is 0.160. The molecule has 0 aromatic heterocycles. The van der Waals surface area contributed by atoms with Gasteiger partial charge in [-0.1, -0.05) is 12.1 Å². The Kier molecular flexibility index (Phi) is 7.70. The Bertz CT molecular complexity index is 1460. The van der Waals surface area contributed by atoms with Gasteiger partial charge in [0, 0.05) is 30.8 Å². The highest BCUT2D eigenvalue weighted by Crippen LogP contribution is 2.22. The van der Waals surface area contributed by atoms with E-state index in [-0.39, 0.29) is 27.5 Å². The van der Waals surface area contributed by atoms with E-state index in [1.807, 2.05) is 0 Å². The first-order valence-corrected chi connectivity index (χ1v) is 12.7. The van der Waals surface area contributed by atoms with Gasteiger partial charge in [0.2, 0.25) is 10.0 Å². The number of ether oxygens (including phenoxy) is 1. The second-order valence-electron chi connectivity index (χ2n) is 8.10. The first kappa shape index (κ1) is 25.7. The van der Waals surface area contributed by atoms with E-state index >= 15 is 0 Å². The zero-order chi connectivity index (χ0) is 26.4. The molecule has 0 atom stereocenters. The maximum Gasteiger partial charge on any atom is 0.343 e. The number of hydrogen-bond donors (Lipinski definition) is 1. The Hall–Kier alpha value is -4.42. The van der Waals surface area contributed by atoms with Crippen LogP contribution in [-0.2, 0) is 10.0 Å². The minimum Gasteiger partial charge on any atom is -0.423 e. The third-order valence-corrected chi connectivity index (χ3v) is 7.46. The van der Waals surface area contributed by atoms with Crippen molar-refractivity contribution in [2.45, 2.75) is 17.7 Å². The van der Waals surface area contributed by atoms with Crippen molar-refractivity contribution in [3.63, 3.8) is 0 Å². The topological polar surface area (TPSA) is 148 Å². The second kappa shape index (κ2) is 11.1. The van der Waals surface area contributed by atoms with Crippen molar-refractivity contribution in [3.8, 4) is 5.75 Å². The Morgan fingerprint density at radius 2 is 1.65 bits per heavy atom. The number of nitrogens with one attached hydrogen (secondary N) is 1. The van der Waals surface area contributed by atoms with Crippen molar-refractivity contribution >= 4 is 33.8 Å². The fourth-order valence-electron chi connectivity index (χ4n) is 3.64. The molecule has 0 radical (unpaired) electrons. The van der Waals surface area contributed by atoms with Crippen LogP contribution in [0.3, 0.4) is 0 Å². The van der Waals surface area contributed by atoms with Gasteiger partial charge < -0.3 is 4.74 Å². The highest BCUT2D eigenvalue weighted by Gasteiger charge is 2.27. The maximum absolute atomic E-state index is 12.7. The van der Waals surface area contributed by atoms with Gasteiger partial charge >= 0.3 is 5.97 Å². The third kappa shape index (κ3) is 6.23. The summed E-state index contributed by atoms with van der Waals surface area (Å²) in [5.74, 6) is -1.10. The summed E-state index contributed by atoms with van der Waals surface area (Å²) in [6, 6.07) is 17.2. The van der Waals surface area contributed by atoms with E-state index in [4.69, 9.17) is 4.74 Å². The van der Waals surface area contributed by atoms with Gasteiger partial charge in [0.25, 0.3) is 11.6 Å². The van der Waals surface area contributed by atoms with Gasteiger partial charge in [-0.25, -0.2) is 18.6 Å². The number of rotatable bonds is 8. The van der Waals surface area contributed by atoms with Crippen LogP contribution < -0.4 is 10.2 Å². The molecule has 12 heteroatoms. The SMILES string of the molecule is O=C(NN=Cc1ccc(OC(=O)c2cccc([N+](=O)[O-])c2)cc1)c1cccc(S(=O)(=O)N2CCCC2)c1. The number of sulfonamides is 1. The highest BCUT2D eigenvalue weighted by molar-refractivity contribution is 7.89. The summed E-state index contributed by atoms with van der Waals surface area (Å²) in [5.41, 5.74) is 2.92. The molecule has 3 aromatic rings. The molecule has 4 rings (SSSR count). The molecule has 1 heterocycles. The smallest absolute Gasteiger partial charge is 0.343 e. The van der Waals surface area contributed by atoms with E-state index in [2.05, 4.69) is 10.5 Å². The quantitative estimate of drug-likeness (QED) is 0.157. The molecule has 1 N–H and O–H groups in total. The Morgan fingerprint density at radius 1 is 0.973 bits per heavy atom. The number of non-ortho nitro benzene ring substituents is 1. The molecule has 1 aliphatic heterocycles. The van der Waals surface area contributed by atoms with Crippen molar-refractivity contribution < 1.29 is 27.7 Å². The minimum atomic E-state index is -3.65. The van der Waals surface area contributed by atoms with Crippen LogP contribution >= 0.6 is 0 Å². The van der Waals surface area contributed by atoms with Crippen molar-refractivity contribution in [1.82, 2.24) is 9.73 Å². The standard InChI is InChI=1S/C25H22N4O7S/c30-24(19-5-4-8-23(16-19)37(34,35)28-13-1-2-14-28)27-26-17-18-9-11-22(12-10-18)36-25(31)20-6-3-7-21(15-20)29(32)33/h3-12,15-17H,1-2,13-14H2,(H,27,30). The number of benzene rings is 3. The summed E-state index contributed by atoms with van der Waals surface area (Å²) in [6.07, 6.45) is 3.00. The largest absolute Gasteiger partial charge is 0.423 e. The molecule has 1 saturated heterocycles. The van der Waals surface area contributed by atoms with E-state index in [0.717, 1.165) is 18.9 Å². The molecule has 11 nitrogen and oxygen atoms in total. The first-order valence-electron chi connectivity index (χ1n) is 11.2. The van der Waals surface area contributed by atoms with Gasteiger partial charge in [-0.15, -0.1) is 0 Å². The van der Waals surface area contributed by atoms with Crippen LogP contribution in [0, 0.1) is 10.1 Å². The Labute approximate surface area is 212 Å². The summed E-state index contributed by atoms with van der Waals surface area (Å²) < 4.78 is 32.1. The van der Waals surface area contributed by atoms with Crippen LogP contribution in [0.25, 0.3) is 0 Å². The zero-order valence-corrected chi connectivity index (χ0v) is 20.3. The van der Waals surface area contributed by atoms with Crippen LogP contribution in [-0.4, -0.2) is 48.8 Å². The molecular weight excluding hydrogens is 500 g/mol. The molecular formula is C25H22N4O7S. The fourth-order valence-corrected chi connectivity index (χ4v) is 5.20. The van der Waals surface area contributed by atoms with Crippen molar-refractivity contribution in [2.24, 2.45) is 5.10 Å². The summed E-state index contributed by atoms with van der Waals surface area (Å²) >= 11 is 0. The molecule has 0 aliphatic carbocycles. The predicted molar refractivity (Wildman–Crippen MR) is 134 cm³/mol. The molecule has 3 aromatic carbocycles. The Balaban J connectivity index is 1.35. The normalized spacial score (nSPS) is 13.9. The Morgan fingerprint density at radius 3 is 2.35 bits per heavy atom. The molecule has 0 bridgehead atoms. The highest BCUT2D eigenvalue weighted by atomic mass is 32.2. The van der Waals surface area contributed by atoms with E-state index < -0.39 is 26.8 Å². The van der Waals surface area contributed by atoms with Crippen LogP contribution in [0.4, 0.5) is 5.69 Å². The van der Waals surface area contributed by atoms with Gasteiger partial charge in [-0.2, -0.15) is 9.41 Å². The molecule has 0 spiro atoms. The second-order valence-corrected chi connectivity index (χ2v) is 10.0. The summed E-state index contributed by atoms with van der Waals surface area (Å²) in [6.45, 7) is 0.936. The van der Waals surface area contributed by atoms with Gasteiger partial charge in [0.05, 0.1) is 21.6 Å². The average Bonchev–Trinajstić information content (AvgIpc) is 3.46. The van der Waals surface area contributed by atoms with E-state index in [1.165, 1.54) is 65.1 Å². The summed E-state index contributed by atoms with van der Waals surface area (Å²) in [5, 5.41) is 14.8. The molecule has 1 aliphatic rings. The van der Waals surface area contributed by atoms with Gasteiger partial charge in [-0.3, -0.25) is 14.9 Å². The van der Waals surface area contributed by atoms with E-state index in [0.29, 0.717) is 18.7 Å². The van der Waals surface area contributed by atoms with Crippen molar-refractivity contribution in [3.05, 3.63) is 99.6 Å². The van der Waals surface area contributed by atoms with E-state index in [1.54, 1.807) is 12.1 Å². The number of nitro groups is 1. The molecule has 1 fully saturated rings. The van der Waals surface area contributed by atoms with Gasteiger partial charge in [0.1, 0.15) is 5.75 Å². The summed E-state index contributed by atoms with van der Waals surface area (Å²) in [7, 11) is -3.65. The van der Waals surface area contributed by atoms with Crippen LogP contribution in [0.15, 0.2) is 82.8 Å². The number of carbonyl (C=O) groups excluding carboxylic acids is 2. The van der Waals surface area contributed by atoms with Crippen LogP contribution in [0.1, 0.15) is 39.1 Å². The number of nitrogens with zero attached hydrogens (tertiary/aromatic N) is 3. The van der Waals surface area contributed by atoms with Gasteiger partial charge in [0.15, 0.2) is 0 Å².